The summed E-state index contributed by atoms with van der Waals surface area (Å²) in [5, 5.41) is 0. The number of carbonyl (C=O) groups is 1. The number of esters is 1. The fourth-order valence-electron chi connectivity index (χ4n) is 4.40. The Balaban J connectivity index is 1.39. The van der Waals surface area contributed by atoms with Gasteiger partial charge >= 0.3 is 5.97 Å². The standard InChI is InChI=1S/C21H32O2/c22-21(23-20-9-5-2-6-10-20)19-15-13-18(14-16-19)12-11-17-7-3-1-4-8-17/h17-20H,1-10,13-16H2. The highest BCUT2D eigenvalue weighted by atomic mass is 16.5. The van der Waals surface area contributed by atoms with Gasteiger partial charge in [0.2, 0.25) is 0 Å². The van der Waals surface area contributed by atoms with Gasteiger partial charge in [-0.15, -0.1) is 0 Å². The van der Waals surface area contributed by atoms with Gasteiger partial charge in [0.05, 0.1) is 5.92 Å². The minimum atomic E-state index is 0.0792. The van der Waals surface area contributed by atoms with Gasteiger partial charge in [0.1, 0.15) is 6.10 Å². The van der Waals surface area contributed by atoms with E-state index in [-0.39, 0.29) is 18.0 Å². The van der Waals surface area contributed by atoms with Crippen molar-refractivity contribution in [1.29, 1.82) is 0 Å². The molecule has 3 rings (SSSR count). The maximum Gasteiger partial charge on any atom is 0.309 e. The normalized spacial score (nSPS) is 30.3. The van der Waals surface area contributed by atoms with Gasteiger partial charge in [0, 0.05) is 11.8 Å². The predicted molar refractivity (Wildman–Crippen MR) is 92.8 cm³/mol. The SMILES string of the molecule is O=C(OC1CCCCC1)C1CCC(C#CC2CCCCC2)CC1. The second-order valence-electron chi connectivity index (χ2n) is 7.87. The highest BCUT2D eigenvalue weighted by Crippen LogP contribution is 2.31. The third-order valence-corrected chi connectivity index (χ3v) is 5.99. The summed E-state index contributed by atoms with van der Waals surface area (Å²) >= 11 is 0. The summed E-state index contributed by atoms with van der Waals surface area (Å²) in [6.07, 6.45) is 17.0. The summed E-state index contributed by atoms with van der Waals surface area (Å²) in [4.78, 5) is 12.3. The Bertz CT molecular complexity index is 424. The van der Waals surface area contributed by atoms with E-state index >= 15 is 0 Å². The third-order valence-electron chi connectivity index (χ3n) is 5.99. The Labute approximate surface area is 141 Å². The lowest BCUT2D eigenvalue weighted by molar-refractivity contribution is -0.156. The zero-order chi connectivity index (χ0) is 15.9. The molecule has 0 radical (unpaired) electrons. The molecule has 0 aromatic rings. The molecule has 3 saturated carbocycles. The molecule has 0 amide bonds. The molecule has 128 valence electrons. The van der Waals surface area contributed by atoms with Gasteiger partial charge in [-0.25, -0.2) is 0 Å². The molecule has 0 bridgehead atoms. The fourth-order valence-corrected chi connectivity index (χ4v) is 4.40. The van der Waals surface area contributed by atoms with Crippen LogP contribution >= 0.6 is 0 Å². The van der Waals surface area contributed by atoms with Crippen molar-refractivity contribution in [2.45, 2.75) is 96.0 Å². The molecule has 0 aliphatic heterocycles. The number of carbonyl (C=O) groups excluding carboxylic acids is 1. The lowest BCUT2D eigenvalue weighted by Gasteiger charge is -2.28. The average molecular weight is 316 g/mol. The first-order chi connectivity index (χ1) is 11.3. The molecular formula is C21H32O2. The van der Waals surface area contributed by atoms with Gasteiger partial charge in [-0.05, 0) is 64.2 Å². The highest BCUT2D eigenvalue weighted by molar-refractivity contribution is 5.72. The van der Waals surface area contributed by atoms with Crippen molar-refractivity contribution in [2.75, 3.05) is 0 Å². The number of rotatable bonds is 2. The summed E-state index contributed by atoms with van der Waals surface area (Å²) in [6.45, 7) is 0. The van der Waals surface area contributed by atoms with Crippen LogP contribution in [0.15, 0.2) is 0 Å². The minimum Gasteiger partial charge on any atom is -0.462 e. The van der Waals surface area contributed by atoms with Crippen molar-refractivity contribution in [3.05, 3.63) is 0 Å². The molecule has 3 aliphatic carbocycles. The maximum absolute atomic E-state index is 12.3. The first-order valence-electron chi connectivity index (χ1n) is 10.0. The molecule has 2 nitrogen and oxygen atoms in total. The second kappa shape index (κ2) is 8.76. The van der Waals surface area contributed by atoms with Crippen molar-refractivity contribution in [2.24, 2.45) is 17.8 Å². The lowest BCUT2D eigenvalue weighted by atomic mass is 9.81. The van der Waals surface area contributed by atoms with E-state index in [4.69, 9.17) is 4.74 Å². The Hall–Kier alpha value is -0.970. The number of hydrogen-bond acceptors (Lipinski definition) is 2. The van der Waals surface area contributed by atoms with Gasteiger partial charge in [-0.2, -0.15) is 0 Å². The van der Waals surface area contributed by atoms with E-state index in [2.05, 4.69) is 11.8 Å². The van der Waals surface area contributed by atoms with Crippen LogP contribution in [0, 0.1) is 29.6 Å². The van der Waals surface area contributed by atoms with Crippen molar-refractivity contribution < 1.29 is 9.53 Å². The minimum absolute atomic E-state index is 0.0792. The van der Waals surface area contributed by atoms with E-state index in [0.29, 0.717) is 11.8 Å². The second-order valence-corrected chi connectivity index (χ2v) is 7.87. The number of hydrogen-bond donors (Lipinski definition) is 0. The topological polar surface area (TPSA) is 26.3 Å². The van der Waals surface area contributed by atoms with Crippen LogP contribution in [0.5, 0.6) is 0 Å². The van der Waals surface area contributed by atoms with Crippen LogP contribution in [0.3, 0.4) is 0 Å². The molecular weight excluding hydrogens is 284 g/mol. The highest BCUT2D eigenvalue weighted by Gasteiger charge is 2.29. The predicted octanol–water partition coefficient (Wildman–Crippen LogP) is 5.25. The molecule has 2 heteroatoms. The first kappa shape index (κ1) is 16.9. The largest absolute Gasteiger partial charge is 0.462 e. The molecule has 0 spiro atoms. The summed E-state index contributed by atoms with van der Waals surface area (Å²) in [5.74, 6) is 8.46. The molecule has 0 aromatic carbocycles. The molecule has 3 aliphatic rings. The summed E-state index contributed by atoms with van der Waals surface area (Å²) in [5.41, 5.74) is 0. The molecule has 0 aromatic heterocycles. The van der Waals surface area contributed by atoms with E-state index in [9.17, 15) is 4.79 Å². The summed E-state index contributed by atoms with van der Waals surface area (Å²) in [6, 6.07) is 0. The summed E-state index contributed by atoms with van der Waals surface area (Å²) in [7, 11) is 0. The van der Waals surface area contributed by atoms with Crippen LogP contribution in [0.1, 0.15) is 89.9 Å². The molecule has 0 atom stereocenters. The zero-order valence-corrected chi connectivity index (χ0v) is 14.5. The Morgan fingerprint density at radius 1 is 0.652 bits per heavy atom. The van der Waals surface area contributed by atoms with Crippen molar-refractivity contribution in [3.63, 3.8) is 0 Å². The first-order valence-corrected chi connectivity index (χ1v) is 10.0. The Morgan fingerprint density at radius 3 is 1.78 bits per heavy atom. The van der Waals surface area contributed by atoms with Crippen molar-refractivity contribution in [1.82, 2.24) is 0 Å². The van der Waals surface area contributed by atoms with Gasteiger partial charge in [-0.1, -0.05) is 37.5 Å². The van der Waals surface area contributed by atoms with Gasteiger partial charge in [0.15, 0.2) is 0 Å². The molecule has 3 fully saturated rings. The van der Waals surface area contributed by atoms with E-state index in [1.807, 2.05) is 0 Å². The van der Waals surface area contributed by atoms with Gasteiger partial charge in [0.25, 0.3) is 0 Å². The lowest BCUT2D eigenvalue weighted by Crippen LogP contribution is -2.28. The maximum atomic E-state index is 12.3. The Morgan fingerprint density at radius 2 is 1.17 bits per heavy atom. The molecule has 0 N–H and O–H groups in total. The summed E-state index contributed by atoms with van der Waals surface area (Å²) < 4.78 is 5.75. The van der Waals surface area contributed by atoms with E-state index in [0.717, 1.165) is 38.5 Å². The molecule has 0 saturated heterocycles. The molecule has 0 heterocycles. The molecule has 23 heavy (non-hydrogen) atoms. The Kier molecular flexibility index (Phi) is 6.43. The van der Waals surface area contributed by atoms with E-state index < -0.39 is 0 Å². The smallest absolute Gasteiger partial charge is 0.309 e. The van der Waals surface area contributed by atoms with Crippen LogP contribution in [0.2, 0.25) is 0 Å². The zero-order valence-electron chi connectivity index (χ0n) is 14.5. The monoisotopic (exact) mass is 316 g/mol. The van der Waals surface area contributed by atoms with Crippen molar-refractivity contribution >= 4 is 5.97 Å². The van der Waals surface area contributed by atoms with Crippen LogP contribution in [-0.2, 0) is 9.53 Å². The van der Waals surface area contributed by atoms with Gasteiger partial charge < -0.3 is 4.74 Å². The van der Waals surface area contributed by atoms with Crippen molar-refractivity contribution in [3.8, 4) is 11.8 Å². The van der Waals surface area contributed by atoms with Crippen LogP contribution in [0.25, 0.3) is 0 Å². The third kappa shape index (κ3) is 5.27. The fraction of sp³-hybridized carbons (Fsp3) is 0.857. The van der Waals surface area contributed by atoms with Gasteiger partial charge in [-0.3, -0.25) is 4.79 Å². The van der Waals surface area contributed by atoms with Crippen LogP contribution in [-0.4, -0.2) is 12.1 Å². The quantitative estimate of drug-likeness (QED) is 0.513. The number of ether oxygens (including phenoxy) is 1. The van der Waals surface area contributed by atoms with Crippen LogP contribution in [0.4, 0.5) is 0 Å². The van der Waals surface area contributed by atoms with E-state index in [1.54, 1.807) is 0 Å². The molecule has 0 unspecified atom stereocenters. The van der Waals surface area contributed by atoms with Crippen LogP contribution < -0.4 is 0 Å². The van der Waals surface area contributed by atoms with E-state index in [1.165, 1.54) is 51.4 Å². The average Bonchev–Trinajstić information content (AvgIpc) is 2.62.